The van der Waals surface area contributed by atoms with Crippen LogP contribution in [0.25, 0.3) is 0 Å². The Hall–Kier alpha value is -0.830. The van der Waals surface area contributed by atoms with E-state index < -0.39 is 0 Å². The summed E-state index contributed by atoms with van der Waals surface area (Å²) < 4.78 is 5.18. The maximum Gasteiger partial charge on any atom is 0.134 e. The lowest BCUT2D eigenvalue weighted by Crippen LogP contribution is -1.90. The minimum Gasteiger partial charge on any atom is -0.496 e. The van der Waals surface area contributed by atoms with Crippen LogP contribution in [0, 0.1) is 0 Å². The van der Waals surface area contributed by atoms with E-state index in [0.29, 0.717) is 0 Å². The number of methoxy groups -OCH3 is 1. The second-order valence-electron chi connectivity index (χ2n) is 2.34. The van der Waals surface area contributed by atoms with Crippen molar-refractivity contribution in [1.29, 1.82) is 0 Å². The fourth-order valence-electron chi connectivity index (χ4n) is 0.959. The van der Waals surface area contributed by atoms with Gasteiger partial charge in [0.1, 0.15) is 5.75 Å². The fourth-order valence-corrected chi connectivity index (χ4v) is 1.72. The van der Waals surface area contributed by atoms with Gasteiger partial charge in [0.2, 0.25) is 0 Å². The maximum absolute atomic E-state index is 5.61. The summed E-state index contributed by atoms with van der Waals surface area (Å²) in [4.78, 5) is 1.15. The fraction of sp³-hybridized carbons (Fsp3) is 0.333. The summed E-state index contributed by atoms with van der Waals surface area (Å²) in [7, 11) is 1.66. The van der Waals surface area contributed by atoms with Crippen LogP contribution in [-0.4, -0.2) is 12.9 Å². The summed E-state index contributed by atoms with van der Waals surface area (Å²) in [6.07, 6.45) is 0. The highest BCUT2D eigenvalue weighted by atomic mass is 32.2. The zero-order valence-electron chi connectivity index (χ0n) is 7.33. The molecule has 0 aromatic heterocycles. The van der Waals surface area contributed by atoms with Gasteiger partial charge < -0.3 is 10.5 Å². The van der Waals surface area contributed by atoms with E-state index in [0.717, 1.165) is 22.1 Å². The van der Waals surface area contributed by atoms with Crippen LogP contribution in [0.15, 0.2) is 23.1 Å². The van der Waals surface area contributed by atoms with Crippen molar-refractivity contribution in [2.24, 2.45) is 0 Å². The van der Waals surface area contributed by atoms with Gasteiger partial charge in [-0.3, -0.25) is 0 Å². The summed E-state index contributed by atoms with van der Waals surface area (Å²) in [6, 6.07) is 5.72. The van der Waals surface area contributed by atoms with Gasteiger partial charge in [-0.25, -0.2) is 0 Å². The number of benzene rings is 1. The highest BCUT2D eigenvalue weighted by Crippen LogP contribution is 2.30. The van der Waals surface area contributed by atoms with Gasteiger partial charge >= 0.3 is 0 Å². The van der Waals surface area contributed by atoms with E-state index in [1.54, 1.807) is 18.9 Å². The molecule has 2 N–H and O–H groups in total. The molecule has 0 spiro atoms. The molecule has 1 aromatic rings. The second kappa shape index (κ2) is 4.26. The molecule has 0 amide bonds. The van der Waals surface area contributed by atoms with Crippen LogP contribution < -0.4 is 10.5 Å². The van der Waals surface area contributed by atoms with Gasteiger partial charge in [-0.1, -0.05) is 6.92 Å². The number of thioether (sulfide) groups is 1. The Morgan fingerprint density at radius 2 is 2.25 bits per heavy atom. The first-order valence-electron chi connectivity index (χ1n) is 3.84. The standard InChI is InChI=1S/C9H13NOS/c1-3-12-9-5-4-7(10)6-8(9)11-2/h4-6H,3,10H2,1-2H3. The number of nitrogen functional groups attached to an aromatic ring is 1. The minimum absolute atomic E-state index is 0.743. The van der Waals surface area contributed by atoms with Gasteiger partial charge in [-0.2, -0.15) is 0 Å². The molecule has 0 saturated carbocycles. The van der Waals surface area contributed by atoms with E-state index in [1.807, 2.05) is 18.2 Å². The van der Waals surface area contributed by atoms with Crippen molar-refractivity contribution < 1.29 is 4.74 Å². The topological polar surface area (TPSA) is 35.2 Å². The Labute approximate surface area is 77.1 Å². The molecule has 0 fully saturated rings. The summed E-state index contributed by atoms with van der Waals surface area (Å²) in [5, 5.41) is 0. The maximum atomic E-state index is 5.61. The van der Waals surface area contributed by atoms with E-state index in [9.17, 15) is 0 Å². The number of ether oxygens (including phenoxy) is 1. The Morgan fingerprint density at radius 1 is 1.50 bits per heavy atom. The van der Waals surface area contributed by atoms with Crippen LogP contribution in [0.5, 0.6) is 5.75 Å². The molecule has 0 atom stereocenters. The highest BCUT2D eigenvalue weighted by Gasteiger charge is 2.01. The van der Waals surface area contributed by atoms with Crippen molar-refractivity contribution in [3.8, 4) is 5.75 Å². The van der Waals surface area contributed by atoms with Crippen molar-refractivity contribution in [3.05, 3.63) is 18.2 Å². The summed E-state index contributed by atoms with van der Waals surface area (Å²) >= 11 is 1.75. The quantitative estimate of drug-likeness (QED) is 0.577. The lowest BCUT2D eigenvalue weighted by atomic mass is 10.3. The third-order valence-corrected chi connectivity index (χ3v) is 2.42. The predicted octanol–water partition coefficient (Wildman–Crippen LogP) is 2.39. The predicted molar refractivity (Wildman–Crippen MR) is 53.8 cm³/mol. The third-order valence-electron chi connectivity index (χ3n) is 1.49. The largest absolute Gasteiger partial charge is 0.496 e. The Morgan fingerprint density at radius 3 is 2.83 bits per heavy atom. The number of hydrogen-bond donors (Lipinski definition) is 1. The molecule has 12 heavy (non-hydrogen) atoms. The van der Waals surface area contributed by atoms with Gasteiger partial charge in [0.05, 0.1) is 7.11 Å². The van der Waals surface area contributed by atoms with Gasteiger partial charge in [-0.05, 0) is 17.9 Å². The molecule has 0 aliphatic heterocycles. The number of rotatable bonds is 3. The molecule has 3 heteroatoms. The minimum atomic E-state index is 0.743. The zero-order valence-corrected chi connectivity index (χ0v) is 8.15. The lowest BCUT2D eigenvalue weighted by molar-refractivity contribution is 0.405. The molecule has 2 nitrogen and oxygen atoms in total. The van der Waals surface area contributed by atoms with E-state index in [2.05, 4.69) is 6.92 Å². The Balaban J connectivity index is 2.94. The molecule has 0 heterocycles. The smallest absolute Gasteiger partial charge is 0.134 e. The number of anilines is 1. The molecule has 1 aromatic carbocycles. The Kier molecular flexibility index (Phi) is 3.29. The van der Waals surface area contributed by atoms with Crippen LogP contribution in [0.4, 0.5) is 5.69 Å². The van der Waals surface area contributed by atoms with Crippen LogP contribution in [0.1, 0.15) is 6.92 Å². The van der Waals surface area contributed by atoms with Crippen LogP contribution in [0.2, 0.25) is 0 Å². The average Bonchev–Trinajstić information content (AvgIpc) is 2.08. The summed E-state index contributed by atoms with van der Waals surface area (Å²) in [6.45, 7) is 2.11. The van der Waals surface area contributed by atoms with Crippen molar-refractivity contribution in [3.63, 3.8) is 0 Å². The second-order valence-corrected chi connectivity index (χ2v) is 3.65. The van der Waals surface area contributed by atoms with Gasteiger partial charge in [0.25, 0.3) is 0 Å². The third kappa shape index (κ3) is 2.08. The molecule has 0 radical (unpaired) electrons. The zero-order chi connectivity index (χ0) is 8.97. The SMILES string of the molecule is CCSc1ccc(N)cc1OC. The molecular weight excluding hydrogens is 170 g/mol. The van der Waals surface area contributed by atoms with Gasteiger partial charge in [0, 0.05) is 16.6 Å². The normalized spacial score (nSPS) is 9.83. The number of nitrogens with two attached hydrogens (primary N) is 1. The van der Waals surface area contributed by atoms with E-state index in [4.69, 9.17) is 10.5 Å². The van der Waals surface area contributed by atoms with E-state index in [1.165, 1.54) is 0 Å². The van der Waals surface area contributed by atoms with E-state index >= 15 is 0 Å². The number of hydrogen-bond acceptors (Lipinski definition) is 3. The molecule has 0 aliphatic rings. The molecule has 0 bridgehead atoms. The van der Waals surface area contributed by atoms with Gasteiger partial charge in [0.15, 0.2) is 0 Å². The first-order valence-corrected chi connectivity index (χ1v) is 4.82. The molecule has 0 saturated heterocycles. The van der Waals surface area contributed by atoms with E-state index in [-0.39, 0.29) is 0 Å². The van der Waals surface area contributed by atoms with Crippen molar-refractivity contribution in [2.45, 2.75) is 11.8 Å². The molecule has 66 valence electrons. The van der Waals surface area contributed by atoms with Crippen LogP contribution in [0.3, 0.4) is 0 Å². The molecular formula is C9H13NOS. The Bertz CT molecular complexity index is 263. The summed E-state index contributed by atoms with van der Waals surface area (Å²) in [5.41, 5.74) is 6.35. The lowest BCUT2D eigenvalue weighted by Gasteiger charge is -2.06. The molecule has 0 unspecified atom stereocenters. The first kappa shape index (κ1) is 9.26. The highest BCUT2D eigenvalue weighted by molar-refractivity contribution is 7.99. The van der Waals surface area contributed by atoms with Crippen LogP contribution >= 0.6 is 11.8 Å². The molecule has 0 aliphatic carbocycles. The van der Waals surface area contributed by atoms with Crippen molar-refractivity contribution in [2.75, 3.05) is 18.6 Å². The monoisotopic (exact) mass is 183 g/mol. The van der Waals surface area contributed by atoms with Gasteiger partial charge in [-0.15, -0.1) is 11.8 Å². The van der Waals surface area contributed by atoms with Crippen LogP contribution in [-0.2, 0) is 0 Å². The van der Waals surface area contributed by atoms with Crippen molar-refractivity contribution >= 4 is 17.4 Å². The first-order chi connectivity index (χ1) is 5.77. The average molecular weight is 183 g/mol. The van der Waals surface area contributed by atoms with Crippen molar-refractivity contribution in [1.82, 2.24) is 0 Å². The molecule has 1 rings (SSSR count). The summed E-state index contributed by atoms with van der Waals surface area (Å²) in [5.74, 6) is 1.90.